The highest BCUT2D eigenvalue weighted by Gasteiger charge is 2.08. The van der Waals surface area contributed by atoms with Crippen molar-refractivity contribution in [2.24, 2.45) is 0 Å². The van der Waals surface area contributed by atoms with Crippen LogP contribution in [0.4, 0.5) is 0 Å². The van der Waals surface area contributed by atoms with Crippen molar-refractivity contribution >= 4 is 15.5 Å². The van der Waals surface area contributed by atoms with E-state index in [2.05, 4.69) is 10.1 Å². The van der Waals surface area contributed by atoms with Gasteiger partial charge in [-0.15, -0.1) is 0 Å². The smallest absolute Gasteiger partial charge is 0.175 e. The van der Waals surface area contributed by atoms with Gasteiger partial charge in [-0.1, -0.05) is 12.1 Å². The Morgan fingerprint density at radius 2 is 1.84 bits per heavy atom. The number of sulfone groups is 1. The molecule has 19 heavy (non-hydrogen) atoms. The molecule has 0 amide bonds. The average Bonchev–Trinajstić information content (AvgIpc) is 2.81. The first kappa shape index (κ1) is 11.9. The van der Waals surface area contributed by atoms with Crippen LogP contribution in [0.1, 0.15) is 0 Å². The summed E-state index contributed by atoms with van der Waals surface area (Å²) in [6.45, 7) is 0. The van der Waals surface area contributed by atoms with Crippen LogP contribution in [0.5, 0.6) is 0 Å². The number of aromatic nitrogens is 3. The molecule has 0 fully saturated rings. The largest absolute Gasteiger partial charge is 0.227 e. The van der Waals surface area contributed by atoms with E-state index in [0.717, 1.165) is 16.9 Å². The summed E-state index contributed by atoms with van der Waals surface area (Å²) in [6.07, 6.45) is 4.69. The third-order valence-electron chi connectivity index (χ3n) is 2.81. The summed E-state index contributed by atoms with van der Waals surface area (Å²) >= 11 is 0. The molecule has 3 aromatic rings. The van der Waals surface area contributed by atoms with Crippen molar-refractivity contribution in [3.63, 3.8) is 0 Å². The van der Waals surface area contributed by atoms with Gasteiger partial charge in [0.25, 0.3) is 0 Å². The number of fused-ring (bicyclic) bond motifs is 1. The van der Waals surface area contributed by atoms with Gasteiger partial charge in [-0.25, -0.2) is 17.9 Å². The number of nitrogens with zero attached hydrogens (tertiary/aromatic N) is 3. The maximum absolute atomic E-state index is 11.4. The van der Waals surface area contributed by atoms with Crippen LogP contribution in [0.25, 0.3) is 16.9 Å². The summed E-state index contributed by atoms with van der Waals surface area (Å²) in [4.78, 5) is 4.73. The van der Waals surface area contributed by atoms with E-state index in [1.165, 1.54) is 6.26 Å². The Hall–Kier alpha value is -2.21. The molecular weight excluding hydrogens is 262 g/mol. The monoisotopic (exact) mass is 273 g/mol. The van der Waals surface area contributed by atoms with Gasteiger partial charge in [0.2, 0.25) is 0 Å². The topological polar surface area (TPSA) is 64.3 Å². The second-order valence-electron chi connectivity index (χ2n) is 4.25. The Kier molecular flexibility index (Phi) is 2.60. The molecule has 0 bridgehead atoms. The van der Waals surface area contributed by atoms with Crippen molar-refractivity contribution in [2.75, 3.05) is 6.26 Å². The van der Waals surface area contributed by atoms with Crippen LogP contribution in [0, 0.1) is 0 Å². The minimum absolute atomic E-state index is 0.304. The predicted molar refractivity (Wildman–Crippen MR) is 71.5 cm³/mol. The van der Waals surface area contributed by atoms with E-state index in [1.54, 1.807) is 35.0 Å². The molecule has 6 heteroatoms. The highest BCUT2D eigenvalue weighted by atomic mass is 32.2. The summed E-state index contributed by atoms with van der Waals surface area (Å²) < 4.78 is 24.5. The minimum Gasteiger partial charge on any atom is -0.227 e. The second kappa shape index (κ2) is 4.17. The molecule has 0 aliphatic carbocycles. The number of hydrogen-bond acceptors (Lipinski definition) is 4. The fourth-order valence-corrected chi connectivity index (χ4v) is 2.47. The van der Waals surface area contributed by atoms with Gasteiger partial charge >= 0.3 is 0 Å². The van der Waals surface area contributed by atoms with Crippen LogP contribution < -0.4 is 0 Å². The van der Waals surface area contributed by atoms with Crippen LogP contribution in [-0.4, -0.2) is 29.3 Å². The van der Waals surface area contributed by atoms with Crippen molar-refractivity contribution in [3.05, 3.63) is 48.8 Å². The molecule has 0 spiro atoms. The van der Waals surface area contributed by atoms with E-state index < -0.39 is 9.84 Å². The summed E-state index contributed by atoms with van der Waals surface area (Å²) in [7, 11) is -3.16. The first-order valence-electron chi connectivity index (χ1n) is 5.65. The summed E-state index contributed by atoms with van der Waals surface area (Å²) in [5.41, 5.74) is 2.38. The second-order valence-corrected chi connectivity index (χ2v) is 6.26. The Morgan fingerprint density at radius 1 is 1.11 bits per heavy atom. The van der Waals surface area contributed by atoms with E-state index in [-0.39, 0.29) is 0 Å². The molecule has 0 N–H and O–H groups in total. The van der Waals surface area contributed by atoms with E-state index in [1.807, 2.05) is 18.3 Å². The van der Waals surface area contributed by atoms with Gasteiger partial charge in [-0.05, 0) is 24.3 Å². The third-order valence-corrected chi connectivity index (χ3v) is 3.94. The van der Waals surface area contributed by atoms with E-state index in [4.69, 9.17) is 0 Å². The highest BCUT2D eigenvalue weighted by molar-refractivity contribution is 7.90. The van der Waals surface area contributed by atoms with Crippen molar-refractivity contribution in [1.29, 1.82) is 0 Å². The summed E-state index contributed by atoms with van der Waals surface area (Å²) in [5, 5.41) is 4.14. The minimum atomic E-state index is -3.16. The molecule has 5 nitrogen and oxygen atoms in total. The molecule has 0 saturated carbocycles. The van der Waals surface area contributed by atoms with Crippen LogP contribution in [0.3, 0.4) is 0 Å². The summed E-state index contributed by atoms with van der Waals surface area (Å²) in [6, 6.07) is 10.3. The molecule has 0 aliphatic rings. The Labute approximate surface area is 110 Å². The molecule has 0 unspecified atom stereocenters. The number of imidazole rings is 1. The van der Waals surface area contributed by atoms with E-state index >= 15 is 0 Å². The van der Waals surface area contributed by atoms with Crippen molar-refractivity contribution in [1.82, 2.24) is 14.6 Å². The summed E-state index contributed by atoms with van der Waals surface area (Å²) in [5.74, 6) is 0. The SMILES string of the molecule is CS(=O)(=O)c1ccc(-c2cn3ncccc3n2)cc1. The van der Waals surface area contributed by atoms with E-state index in [9.17, 15) is 8.42 Å². The number of hydrogen-bond donors (Lipinski definition) is 0. The van der Waals surface area contributed by atoms with Crippen LogP contribution in [0.2, 0.25) is 0 Å². The number of benzene rings is 1. The maximum atomic E-state index is 11.4. The highest BCUT2D eigenvalue weighted by Crippen LogP contribution is 2.20. The predicted octanol–water partition coefficient (Wildman–Crippen LogP) is 1.80. The molecule has 1 aromatic carbocycles. The Balaban J connectivity index is 2.07. The van der Waals surface area contributed by atoms with Gasteiger partial charge in [0.05, 0.1) is 16.8 Å². The Morgan fingerprint density at radius 3 is 2.47 bits per heavy atom. The third kappa shape index (κ3) is 2.22. The molecule has 96 valence electrons. The van der Waals surface area contributed by atoms with Crippen LogP contribution in [0.15, 0.2) is 53.7 Å². The molecular formula is C13H11N3O2S. The standard InChI is InChI=1S/C13H11N3O2S/c1-19(17,18)11-6-4-10(5-7-11)12-9-16-13(15-12)3-2-8-14-16/h2-9H,1H3. The van der Waals surface area contributed by atoms with Gasteiger partial charge in [-0.2, -0.15) is 5.10 Å². The van der Waals surface area contributed by atoms with Gasteiger partial charge in [0.15, 0.2) is 15.5 Å². The quantitative estimate of drug-likeness (QED) is 0.714. The molecule has 2 heterocycles. The lowest BCUT2D eigenvalue weighted by molar-refractivity contribution is 0.602. The number of rotatable bonds is 2. The first-order chi connectivity index (χ1) is 9.04. The Bertz CT molecular complexity index is 803. The van der Waals surface area contributed by atoms with Gasteiger partial charge in [0.1, 0.15) is 0 Å². The molecule has 3 rings (SSSR count). The van der Waals surface area contributed by atoms with Gasteiger partial charge < -0.3 is 0 Å². The van der Waals surface area contributed by atoms with Crippen LogP contribution in [-0.2, 0) is 9.84 Å². The lowest BCUT2D eigenvalue weighted by Crippen LogP contribution is -1.96. The average molecular weight is 273 g/mol. The lowest BCUT2D eigenvalue weighted by Gasteiger charge is -1.99. The van der Waals surface area contributed by atoms with Crippen molar-refractivity contribution < 1.29 is 8.42 Å². The maximum Gasteiger partial charge on any atom is 0.175 e. The lowest BCUT2D eigenvalue weighted by atomic mass is 10.2. The van der Waals surface area contributed by atoms with Gasteiger partial charge in [-0.3, -0.25) is 0 Å². The molecule has 0 aliphatic heterocycles. The fraction of sp³-hybridized carbons (Fsp3) is 0.0769. The zero-order chi connectivity index (χ0) is 13.5. The van der Waals surface area contributed by atoms with Crippen LogP contribution >= 0.6 is 0 Å². The molecule has 0 saturated heterocycles. The molecule has 0 radical (unpaired) electrons. The van der Waals surface area contributed by atoms with Gasteiger partial charge in [0, 0.05) is 18.0 Å². The zero-order valence-corrected chi connectivity index (χ0v) is 11.0. The molecule has 0 atom stereocenters. The fourth-order valence-electron chi connectivity index (χ4n) is 1.84. The molecule has 2 aromatic heterocycles. The first-order valence-corrected chi connectivity index (χ1v) is 7.54. The zero-order valence-electron chi connectivity index (χ0n) is 10.2. The van der Waals surface area contributed by atoms with E-state index in [0.29, 0.717) is 4.90 Å². The van der Waals surface area contributed by atoms with Crippen molar-refractivity contribution in [3.8, 4) is 11.3 Å². The normalized spacial score (nSPS) is 11.8. The van der Waals surface area contributed by atoms with Crippen molar-refractivity contribution in [2.45, 2.75) is 4.90 Å².